The van der Waals surface area contributed by atoms with Crippen molar-refractivity contribution in [2.24, 2.45) is 16.6 Å². The highest BCUT2D eigenvalue weighted by molar-refractivity contribution is 4.71. The van der Waals surface area contributed by atoms with Crippen molar-refractivity contribution in [3.05, 3.63) is 0 Å². The molecule has 0 aromatic rings. The summed E-state index contributed by atoms with van der Waals surface area (Å²) in [7, 11) is 2.22. The maximum absolute atomic E-state index is 5.62. The van der Waals surface area contributed by atoms with Crippen molar-refractivity contribution < 1.29 is 0 Å². The SMILES string of the molecule is CN(CCCC(C)(C)CCN)CC(C)(C)C. The van der Waals surface area contributed by atoms with E-state index < -0.39 is 0 Å². The molecule has 16 heavy (non-hydrogen) atoms. The van der Waals surface area contributed by atoms with Gasteiger partial charge in [-0.2, -0.15) is 0 Å². The molecule has 0 radical (unpaired) electrons. The Morgan fingerprint density at radius 2 is 1.56 bits per heavy atom. The fraction of sp³-hybridized carbons (Fsp3) is 1.00. The second-order valence-electron chi connectivity index (χ2n) is 7.10. The molecule has 98 valence electrons. The first kappa shape index (κ1) is 15.9. The molecule has 2 heteroatoms. The molecule has 0 heterocycles. The minimum atomic E-state index is 0.404. The third-order valence-electron chi connectivity index (χ3n) is 2.96. The summed E-state index contributed by atoms with van der Waals surface area (Å²) in [5, 5.41) is 0. The van der Waals surface area contributed by atoms with Gasteiger partial charge in [0.1, 0.15) is 0 Å². The van der Waals surface area contributed by atoms with Crippen LogP contribution in [0, 0.1) is 10.8 Å². The van der Waals surface area contributed by atoms with Gasteiger partial charge in [-0.3, -0.25) is 0 Å². The molecule has 0 spiro atoms. The van der Waals surface area contributed by atoms with Gasteiger partial charge >= 0.3 is 0 Å². The van der Waals surface area contributed by atoms with Crippen LogP contribution in [0.1, 0.15) is 53.9 Å². The van der Waals surface area contributed by atoms with E-state index in [1.165, 1.54) is 25.9 Å². The van der Waals surface area contributed by atoms with Crippen LogP contribution < -0.4 is 5.73 Å². The van der Waals surface area contributed by atoms with Crippen molar-refractivity contribution >= 4 is 0 Å². The van der Waals surface area contributed by atoms with E-state index in [4.69, 9.17) is 5.73 Å². The Morgan fingerprint density at radius 1 is 1.00 bits per heavy atom. The highest BCUT2D eigenvalue weighted by atomic mass is 15.1. The lowest BCUT2D eigenvalue weighted by Gasteiger charge is -2.28. The predicted octanol–water partition coefficient (Wildman–Crippen LogP) is 3.12. The molecule has 2 N–H and O–H groups in total. The normalized spacial score (nSPS) is 13.5. The summed E-state index contributed by atoms with van der Waals surface area (Å²) >= 11 is 0. The van der Waals surface area contributed by atoms with Crippen molar-refractivity contribution in [1.82, 2.24) is 4.90 Å². The van der Waals surface area contributed by atoms with Crippen LogP contribution in [0.4, 0.5) is 0 Å². The summed E-state index contributed by atoms with van der Waals surface area (Å²) in [6, 6.07) is 0. The fourth-order valence-corrected chi connectivity index (χ4v) is 2.23. The molecule has 2 nitrogen and oxygen atoms in total. The van der Waals surface area contributed by atoms with E-state index in [0.717, 1.165) is 13.0 Å². The minimum absolute atomic E-state index is 0.404. The summed E-state index contributed by atoms with van der Waals surface area (Å²) in [6.45, 7) is 14.7. The van der Waals surface area contributed by atoms with Crippen molar-refractivity contribution in [1.29, 1.82) is 0 Å². The van der Waals surface area contributed by atoms with Crippen LogP contribution in [0.2, 0.25) is 0 Å². The number of nitrogens with zero attached hydrogens (tertiary/aromatic N) is 1. The van der Waals surface area contributed by atoms with Crippen molar-refractivity contribution in [3.63, 3.8) is 0 Å². The molecular weight excluding hydrogens is 196 g/mol. The first-order valence-corrected chi connectivity index (χ1v) is 6.55. The maximum Gasteiger partial charge on any atom is 0.00270 e. The van der Waals surface area contributed by atoms with Gasteiger partial charge in [0, 0.05) is 6.54 Å². The molecular formula is C14H32N2. The van der Waals surface area contributed by atoms with Gasteiger partial charge < -0.3 is 10.6 Å². The molecule has 0 aliphatic rings. The van der Waals surface area contributed by atoms with Crippen LogP contribution in [0.25, 0.3) is 0 Å². The lowest BCUT2D eigenvalue weighted by molar-refractivity contribution is 0.208. The van der Waals surface area contributed by atoms with E-state index in [1.807, 2.05) is 0 Å². The maximum atomic E-state index is 5.62. The molecule has 0 saturated carbocycles. The zero-order valence-electron chi connectivity index (χ0n) is 12.3. The summed E-state index contributed by atoms with van der Waals surface area (Å²) < 4.78 is 0. The zero-order chi connectivity index (χ0) is 12.8. The second-order valence-corrected chi connectivity index (χ2v) is 7.10. The van der Waals surface area contributed by atoms with E-state index in [0.29, 0.717) is 10.8 Å². The monoisotopic (exact) mass is 228 g/mol. The summed E-state index contributed by atoms with van der Waals surface area (Å²) in [4.78, 5) is 2.44. The van der Waals surface area contributed by atoms with Crippen molar-refractivity contribution in [3.8, 4) is 0 Å². The van der Waals surface area contributed by atoms with Gasteiger partial charge in [0.05, 0.1) is 0 Å². The topological polar surface area (TPSA) is 29.3 Å². The Labute approximate surface area is 103 Å². The van der Waals surface area contributed by atoms with E-state index in [9.17, 15) is 0 Å². The highest BCUT2D eigenvalue weighted by Gasteiger charge is 2.17. The molecule has 0 atom stereocenters. The van der Waals surface area contributed by atoms with Crippen LogP contribution in [0.15, 0.2) is 0 Å². The van der Waals surface area contributed by atoms with Gasteiger partial charge in [-0.25, -0.2) is 0 Å². The first-order valence-electron chi connectivity index (χ1n) is 6.55. The van der Waals surface area contributed by atoms with Crippen molar-refractivity contribution in [2.45, 2.75) is 53.9 Å². The molecule has 0 aromatic heterocycles. The number of hydrogen-bond acceptors (Lipinski definition) is 2. The molecule has 0 aliphatic carbocycles. The standard InChI is InChI=1S/C14H32N2/c1-13(2,3)12-16(6)11-7-8-14(4,5)9-10-15/h7-12,15H2,1-6H3. The van der Waals surface area contributed by atoms with Crippen LogP contribution in [-0.4, -0.2) is 31.6 Å². The van der Waals surface area contributed by atoms with E-state index in [-0.39, 0.29) is 0 Å². The fourth-order valence-electron chi connectivity index (χ4n) is 2.23. The molecule has 0 aromatic carbocycles. The Morgan fingerprint density at radius 3 is 2.00 bits per heavy atom. The molecule has 0 bridgehead atoms. The summed E-state index contributed by atoms with van der Waals surface area (Å²) in [6.07, 6.45) is 3.69. The van der Waals surface area contributed by atoms with E-state index in [2.05, 4.69) is 46.6 Å². The van der Waals surface area contributed by atoms with Crippen LogP contribution in [-0.2, 0) is 0 Å². The largest absolute Gasteiger partial charge is 0.330 e. The Hall–Kier alpha value is -0.0800. The van der Waals surface area contributed by atoms with Crippen LogP contribution in [0.3, 0.4) is 0 Å². The number of hydrogen-bond donors (Lipinski definition) is 1. The van der Waals surface area contributed by atoms with Gasteiger partial charge in [0.2, 0.25) is 0 Å². The lowest BCUT2D eigenvalue weighted by Crippen LogP contribution is -2.30. The molecule has 0 fully saturated rings. The van der Waals surface area contributed by atoms with Gasteiger partial charge in [0.15, 0.2) is 0 Å². The molecule has 0 saturated heterocycles. The molecule has 0 unspecified atom stereocenters. The predicted molar refractivity (Wildman–Crippen MR) is 73.6 cm³/mol. The molecule has 0 amide bonds. The molecule has 0 aliphatic heterocycles. The summed E-state index contributed by atoms with van der Waals surface area (Å²) in [5.41, 5.74) is 6.44. The Kier molecular flexibility index (Phi) is 6.57. The first-order chi connectivity index (χ1) is 7.16. The van der Waals surface area contributed by atoms with Crippen LogP contribution >= 0.6 is 0 Å². The molecule has 0 rings (SSSR count). The van der Waals surface area contributed by atoms with E-state index >= 15 is 0 Å². The smallest absolute Gasteiger partial charge is 0.00270 e. The Balaban J connectivity index is 3.73. The average molecular weight is 228 g/mol. The average Bonchev–Trinajstić information content (AvgIpc) is 1.99. The third-order valence-corrected chi connectivity index (χ3v) is 2.96. The van der Waals surface area contributed by atoms with Gasteiger partial charge in [-0.1, -0.05) is 34.6 Å². The summed E-state index contributed by atoms with van der Waals surface area (Å²) in [5.74, 6) is 0. The van der Waals surface area contributed by atoms with Gasteiger partial charge in [-0.05, 0) is 50.2 Å². The minimum Gasteiger partial charge on any atom is -0.330 e. The number of rotatable bonds is 7. The van der Waals surface area contributed by atoms with Crippen LogP contribution in [0.5, 0.6) is 0 Å². The number of nitrogens with two attached hydrogens (primary N) is 1. The Bertz CT molecular complexity index is 180. The van der Waals surface area contributed by atoms with Gasteiger partial charge in [0.25, 0.3) is 0 Å². The van der Waals surface area contributed by atoms with E-state index in [1.54, 1.807) is 0 Å². The second kappa shape index (κ2) is 6.61. The van der Waals surface area contributed by atoms with Crippen molar-refractivity contribution in [2.75, 3.05) is 26.7 Å². The highest BCUT2D eigenvalue weighted by Crippen LogP contribution is 2.26. The quantitative estimate of drug-likeness (QED) is 0.725. The third kappa shape index (κ3) is 9.17. The lowest BCUT2D eigenvalue weighted by atomic mass is 9.84. The van der Waals surface area contributed by atoms with Gasteiger partial charge in [-0.15, -0.1) is 0 Å². The zero-order valence-corrected chi connectivity index (χ0v) is 12.3.